The van der Waals surface area contributed by atoms with Crippen LogP contribution in [0.1, 0.15) is 20.7 Å². The fourth-order valence-corrected chi connectivity index (χ4v) is 3.70. The Morgan fingerprint density at radius 2 is 1.71 bits per heavy atom. The average molecular weight is 418 g/mol. The first-order valence-electron chi connectivity index (χ1n) is 9.17. The Balaban J connectivity index is 2.04. The summed E-state index contributed by atoms with van der Waals surface area (Å²) < 4.78 is 22.3. The molecule has 9 nitrogen and oxygen atoms in total. The third-order valence-electron chi connectivity index (χ3n) is 5.01. The summed E-state index contributed by atoms with van der Waals surface area (Å²) in [5, 5.41) is 0.885. The molecule has 0 radical (unpaired) electrons. The van der Waals surface area contributed by atoms with Gasteiger partial charge in [0.2, 0.25) is 0 Å². The second-order valence-corrected chi connectivity index (χ2v) is 6.63. The van der Waals surface area contributed by atoms with E-state index in [-0.39, 0.29) is 33.6 Å². The molecule has 154 valence electrons. The highest BCUT2D eigenvalue weighted by atomic mass is 16.5. The van der Waals surface area contributed by atoms with Gasteiger partial charge in [-0.2, -0.15) is 0 Å². The Bertz CT molecular complexity index is 1570. The lowest BCUT2D eigenvalue weighted by molar-refractivity contribution is 0.0557. The van der Waals surface area contributed by atoms with E-state index in [2.05, 4.69) is 4.98 Å². The second-order valence-electron chi connectivity index (χ2n) is 6.63. The molecular weight excluding hydrogens is 404 g/mol. The summed E-state index contributed by atoms with van der Waals surface area (Å²) in [6.45, 7) is 0. The van der Waals surface area contributed by atoms with Gasteiger partial charge in [0.15, 0.2) is 16.8 Å². The zero-order valence-electron chi connectivity index (χ0n) is 16.4. The fraction of sp³-hybridized carbons (Fsp3) is 0.0909. The number of ether oxygens (including phenoxy) is 2. The minimum Gasteiger partial charge on any atom is -0.465 e. The Kier molecular flexibility index (Phi) is 4.11. The van der Waals surface area contributed by atoms with Gasteiger partial charge >= 0.3 is 17.7 Å². The number of aromatic nitrogens is 2. The molecule has 31 heavy (non-hydrogen) atoms. The first-order chi connectivity index (χ1) is 15.0. The van der Waals surface area contributed by atoms with Crippen molar-refractivity contribution in [2.45, 2.75) is 0 Å². The molecule has 9 heteroatoms. The van der Waals surface area contributed by atoms with E-state index >= 15 is 0 Å². The third kappa shape index (κ3) is 2.63. The van der Waals surface area contributed by atoms with E-state index in [0.717, 1.165) is 0 Å². The molecule has 0 N–H and O–H groups in total. The summed E-state index contributed by atoms with van der Waals surface area (Å²) in [5.41, 5.74) is 1.22. The number of carbonyl (C=O) groups is 2. The molecule has 0 aliphatic heterocycles. The topological polar surface area (TPSA) is 114 Å². The molecule has 0 atom stereocenters. The smallest absolute Gasteiger partial charge is 0.426 e. The van der Waals surface area contributed by atoms with E-state index in [1.807, 2.05) is 0 Å². The van der Waals surface area contributed by atoms with Crippen molar-refractivity contribution in [1.82, 2.24) is 9.55 Å². The quantitative estimate of drug-likeness (QED) is 0.409. The molecule has 0 unspecified atom stereocenters. The predicted molar refractivity (Wildman–Crippen MR) is 110 cm³/mol. The Morgan fingerprint density at radius 1 is 0.968 bits per heavy atom. The monoisotopic (exact) mass is 418 g/mol. The first-order valence-corrected chi connectivity index (χ1v) is 9.17. The van der Waals surface area contributed by atoms with Gasteiger partial charge in [0.05, 0.1) is 31.0 Å². The van der Waals surface area contributed by atoms with Gasteiger partial charge in [0.1, 0.15) is 5.58 Å². The van der Waals surface area contributed by atoms with Crippen molar-refractivity contribution < 1.29 is 27.9 Å². The number of para-hydroxylation sites is 1. The van der Waals surface area contributed by atoms with Gasteiger partial charge in [0, 0.05) is 17.0 Å². The van der Waals surface area contributed by atoms with Gasteiger partial charge in [0.25, 0.3) is 0 Å². The number of esters is 2. The van der Waals surface area contributed by atoms with Crippen molar-refractivity contribution in [1.29, 1.82) is 0 Å². The van der Waals surface area contributed by atoms with Gasteiger partial charge < -0.3 is 18.3 Å². The molecule has 0 saturated carbocycles. The molecule has 3 aromatic heterocycles. The Morgan fingerprint density at radius 3 is 2.48 bits per heavy atom. The normalized spacial score (nSPS) is 11.3. The van der Waals surface area contributed by atoms with Crippen molar-refractivity contribution in [2.75, 3.05) is 14.2 Å². The van der Waals surface area contributed by atoms with Crippen LogP contribution in [-0.4, -0.2) is 35.7 Å². The van der Waals surface area contributed by atoms with Crippen LogP contribution < -0.4 is 5.76 Å². The minimum atomic E-state index is -0.775. The van der Waals surface area contributed by atoms with E-state index in [4.69, 9.17) is 18.3 Å². The molecule has 0 spiro atoms. The van der Waals surface area contributed by atoms with E-state index in [1.54, 1.807) is 36.4 Å². The molecule has 0 aliphatic carbocycles. The molecule has 0 bridgehead atoms. The Hall–Kier alpha value is -4.40. The van der Waals surface area contributed by atoms with E-state index < -0.39 is 17.7 Å². The fourth-order valence-electron chi connectivity index (χ4n) is 3.70. The first kappa shape index (κ1) is 18.6. The number of fused-ring (bicyclic) bond motifs is 4. The predicted octanol–water partition coefficient (Wildman–Crippen LogP) is 3.45. The van der Waals surface area contributed by atoms with Crippen molar-refractivity contribution >= 4 is 45.1 Å². The summed E-state index contributed by atoms with van der Waals surface area (Å²) in [7, 11) is 2.41. The van der Waals surface area contributed by atoms with Crippen molar-refractivity contribution in [2.24, 2.45) is 0 Å². The molecule has 3 heterocycles. The van der Waals surface area contributed by atoms with Gasteiger partial charge in [-0.3, -0.25) is 0 Å². The lowest BCUT2D eigenvalue weighted by atomic mass is 9.99. The van der Waals surface area contributed by atoms with Crippen LogP contribution in [0, 0.1) is 0 Å². The average Bonchev–Trinajstić information content (AvgIpc) is 3.34. The summed E-state index contributed by atoms with van der Waals surface area (Å²) in [6.07, 6.45) is 1.51. The van der Waals surface area contributed by atoms with Crippen LogP contribution in [0.5, 0.6) is 0 Å². The lowest BCUT2D eigenvalue weighted by Gasteiger charge is -2.11. The summed E-state index contributed by atoms with van der Waals surface area (Å²) >= 11 is 0. The maximum atomic E-state index is 12.7. The minimum absolute atomic E-state index is 0.0214. The van der Waals surface area contributed by atoms with Crippen molar-refractivity contribution in [3.63, 3.8) is 0 Å². The number of benzene rings is 2. The molecular formula is C22H14N2O7. The van der Waals surface area contributed by atoms with E-state index in [9.17, 15) is 14.4 Å². The van der Waals surface area contributed by atoms with Crippen LogP contribution in [0.3, 0.4) is 0 Å². The lowest BCUT2D eigenvalue weighted by Crippen LogP contribution is -2.17. The van der Waals surface area contributed by atoms with Crippen LogP contribution in [0.4, 0.5) is 0 Å². The maximum absolute atomic E-state index is 12.7. The van der Waals surface area contributed by atoms with Gasteiger partial charge in [-0.1, -0.05) is 18.2 Å². The highest BCUT2D eigenvalue weighted by Gasteiger charge is 2.29. The Labute approximate surface area is 173 Å². The van der Waals surface area contributed by atoms with Gasteiger partial charge in [-0.05, 0) is 24.3 Å². The third-order valence-corrected chi connectivity index (χ3v) is 5.01. The van der Waals surface area contributed by atoms with Crippen LogP contribution >= 0.6 is 0 Å². The molecule has 5 aromatic rings. The number of pyridine rings is 1. The maximum Gasteiger partial charge on any atom is 0.426 e. The number of nitrogens with zero attached hydrogens (tertiary/aromatic N) is 2. The number of oxazole rings is 1. The van der Waals surface area contributed by atoms with Crippen molar-refractivity contribution in [3.8, 4) is 5.69 Å². The highest BCUT2D eigenvalue weighted by molar-refractivity contribution is 6.21. The van der Waals surface area contributed by atoms with E-state index in [0.29, 0.717) is 16.4 Å². The van der Waals surface area contributed by atoms with Crippen molar-refractivity contribution in [3.05, 3.63) is 70.3 Å². The molecule has 0 amide bonds. The SMILES string of the molecule is COC(=O)c1cc(-n2c(=O)oc3cccnc32)c2oc3ccccc3c2c1C(=O)OC. The molecule has 0 aliphatic rings. The summed E-state index contributed by atoms with van der Waals surface area (Å²) in [6, 6.07) is 11.6. The standard InChI is InChI=1S/C22H14N2O7/c1-28-20(25)12-10-13(24-19-15(31-22(24)27)8-5-9-23-19)18-16(17(12)21(26)29-2)11-6-3-4-7-14(11)30-18/h3-10H,1-2H3. The molecule has 2 aromatic carbocycles. The van der Waals surface area contributed by atoms with Gasteiger partial charge in [-0.25, -0.2) is 23.9 Å². The molecule has 0 fully saturated rings. The number of methoxy groups -OCH3 is 2. The number of carbonyl (C=O) groups excluding carboxylic acids is 2. The number of hydrogen-bond acceptors (Lipinski definition) is 8. The summed E-state index contributed by atoms with van der Waals surface area (Å²) in [5.74, 6) is -2.24. The van der Waals surface area contributed by atoms with E-state index in [1.165, 1.54) is 31.0 Å². The number of hydrogen-bond donors (Lipinski definition) is 0. The van der Waals surface area contributed by atoms with Gasteiger partial charge in [-0.15, -0.1) is 0 Å². The zero-order valence-corrected chi connectivity index (χ0v) is 16.4. The van der Waals surface area contributed by atoms with Crippen LogP contribution in [0.25, 0.3) is 38.9 Å². The van der Waals surface area contributed by atoms with Crippen LogP contribution in [-0.2, 0) is 9.47 Å². The summed E-state index contributed by atoms with van der Waals surface area (Å²) in [4.78, 5) is 42.3. The highest BCUT2D eigenvalue weighted by Crippen LogP contribution is 2.38. The second kappa shape index (κ2) is 6.84. The molecule has 0 saturated heterocycles. The zero-order chi connectivity index (χ0) is 21.7. The van der Waals surface area contributed by atoms with Crippen LogP contribution in [0.2, 0.25) is 0 Å². The molecule has 5 rings (SSSR count). The van der Waals surface area contributed by atoms with Crippen LogP contribution in [0.15, 0.2) is 62.3 Å². The largest absolute Gasteiger partial charge is 0.465 e. The number of rotatable bonds is 3. The number of furan rings is 1.